The van der Waals surface area contributed by atoms with Gasteiger partial charge in [0.15, 0.2) is 11.5 Å². The Labute approximate surface area is 122 Å². The standard InChI is InChI=1S/C16H17NO4/c1-21-13-8-7-12(16(20)14(13)17-9-10-18)15(19)11-5-3-2-4-6-11/h2-8,17-18,20H,9-10H2,1H3. The molecule has 5 heteroatoms. The first-order valence-corrected chi connectivity index (χ1v) is 6.53. The average Bonchev–Trinajstić information content (AvgIpc) is 2.53. The number of carbonyl (C=O) groups excluding carboxylic acids is 1. The van der Waals surface area contributed by atoms with Crippen molar-refractivity contribution in [2.24, 2.45) is 0 Å². The van der Waals surface area contributed by atoms with Crippen molar-refractivity contribution in [1.29, 1.82) is 0 Å². The van der Waals surface area contributed by atoms with Crippen molar-refractivity contribution in [3.63, 3.8) is 0 Å². The number of ether oxygens (including phenoxy) is 1. The second kappa shape index (κ2) is 6.76. The largest absolute Gasteiger partial charge is 0.505 e. The zero-order chi connectivity index (χ0) is 15.2. The SMILES string of the molecule is COc1ccc(C(=O)c2ccccc2)c(O)c1NCCO. The Balaban J connectivity index is 2.43. The molecule has 0 aliphatic carbocycles. The molecule has 0 fully saturated rings. The number of aliphatic hydroxyl groups is 1. The highest BCUT2D eigenvalue weighted by Gasteiger charge is 2.19. The molecule has 21 heavy (non-hydrogen) atoms. The molecule has 3 N–H and O–H groups in total. The highest BCUT2D eigenvalue weighted by molar-refractivity contribution is 6.11. The molecule has 2 aromatic rings. The third kappa shape index (κ3) is 3.14. The van der Waals surface area contributed by atoms with Crippen LogP contribution >= 0.6 is 0 Å². The molecule has 5 nitrogen and oxygen atoms in total. The summed E-state index contributed by atoms with van der Waals surface area (Å²) in [4.78, 5) is 12.4. The van der Waals surface area contributed by atoms with Crippen molar-refractivity contribution in [1.82, 2.24) is 0 Å². The zero-order valence-electron chi connectivity index (χ0n) is 11.7. The maximum atomic E-state index is 12.4. The van der Waals surface area contributed by atoms with Gasteiger partial charge in [-0.3, -0.25) is 4.79 Å². The number of ketones is 1. The van der Waals surface area contributed by atoms with Gasteiger partial charge in [0.2, 0.25) is 0 Å². The number of carbonyl (C=O) groups is 1. The molecular formula is C16H17NO4. The van der Waals surface area contributed by atoms with Gasteiger partial charge in [0, 0.05) is 12.1 Å². The van der Waals surface area contributed by atoms with Crippen LogP contribution in [-0.4, -0.2) is 36.3 Å². The van der Waals surface area contributed by atoms with Crippen LogP contribution in [0.4, 0.5) is 5.69 Å². The van der Waals surface area contributed by atoms with Gasteiger partial charge in [-0.25, -0.2) is 0 Å². The van der Waals surface area contributed by atoms with E-state index in [4.69, 9.17) is 9.84 Å². The summed E-state index contributed by atoms with van der Waals surface area (Å²) in [6.07, 6.45) is 0. The molecule has 0 saturated carbocycles. The number of phenolic OH excluding ortho intramolecular Hbond substituents is 1. The summed E-state index contributed by atoms with van der Waals surface area (Å²) in [5, 5.41) is 22.1. The molecule has 0 aliphatic rings. The summed E-state index contributed by atoms with van der Waals surface area (Å²) in [5.41, 5.74) is 0.974. The number of rotatable bonds is 6. The van der Waals surface area contributed by atoms with Gasteiger partial charge in [-0.2, -0.15) is 0 Å². The number of phenols is 1. The van der Waals surface area contributed by atoms with E-state index in [2.05, 4.69) is 5.32 Å². The minimum atomic E-state index is -0.275. The van der Waals surface area contributed by atoms with Crippen LogP contribution in [0.25, 0.3) is 0 Å². The number of anilines is 1. The first-order chi connectivity index (χ1) is 10.2. The molecule has 0 unspecified atom stereocenters. The molecule has 110 valence electrons. The molecule has 0 atom stereocenters. The number of aliphatic hydroxyl groups excluding tert-OH is 1. The maximum absolute atomic E-state index is 12.4. The Morgan fingerprint density at radius 2 is 1.90 bits per heavy atom. The van der Waals surface area contributed by atoms with Crippen LogP contribution in [0.15, 0.2) is 42.5 Å². The Hall–Kier alpha value is -2.53. The monoisotopic (exact) mass is 287 g/mol. The van der Waals surface area contributed by atoms with E-state index in [0.717, 1.165) is 0 Å². The van der Waals surface area contributed by atoms with Crippen LogP contribution in [0, 0.1) is 0 Å². The average molecular weight is 287 g/mol. The molecule has 0 radical (unpaired) electrons. The van der Waals surface area contributed by atoms with Gasteiger partial charge in [0.1, 0.15) is 11.4 Å². The Kier molecular flexibility index (Phi) is 4.79. The molecule has 0 amide bonds. The minimum Gasteiger partial charge on any atom is -0.505 e. The Morgan fingerprint density at radius 1 is 1.19 bits per heavy atom. The number of benzene rings is 2. The van der Waals surface area contributed by atoms with Crippen molar-refractivity contribution in [3.05, 3.63) is 53.6 Å². The van der Waals surface area contributed by atoms with Gasteiger partial charge in [-0.1, -0.05) is 30.3 Å². The lowest BCUT2D eigenvalue weighted by atomic mass is 10.0. The van der Waals surface area contributed by atoms with Gasteiger partial charge in [0.05, 0.1) is 19.3 Å². The number of hydrogen-bond donors (Lipinski definition) is 3. The quantitative estimate of drug-likeness (QED) is 0.559. The molecule has 0 aliphatic heterocycles. The normalized spacial score (nSPS) is 10.2. The molecular weight excluding hydrogens is 270 g/mol. The van der Waals surface area contributed by atoms with E-state index in [-0.39, 0.29) is 30.2 Å². The van der Waals surface area contributed by atoms with Crippen molar-refractivity contribution < 1.29 is 19.7 Å². The van der Waals surface area contributed by atoms with Crippen LogP contribution in [0.5, 0.6) is 11.5 Å². The van der Waals surface area contributed by atoms with Gasteiger partial charge in [0.25, 0.3) is 0 Å². The number of hydrogen-bond acceptors (Lipinski definition) is 5. The first kappa shape index (κ1) is 14.9. The lowest BCUT2D eigenvalue weighted by molar-refractivity contribution is 0.103. The van der Waals surface area contributed by atoms with E-state index in [1.54, 1.807) is 30.3 Å². The summed E-state index contributed by atoms with van der Waals surface area (Å²) in [6.45, 7) is 0.145. The van der Waals surface area contributed by atoms with E-state index in [0.29, 0.717) is 17.0 Å². The fourth-order valence-electron chi connectivity index (χ4n) is 2.02. The van der Waals surface area contributed by atoms with Crippen molar-refractivity contribution >= 4 is 11.5 Å². The van der Waals surface area contributed by atoms with E-state index in [1.165, 1.54) is 13.2 Å². The van der Waals surface area contributed by atoms with Crippen LogP contribution in [0.3, 0.4) is 0 Å². The maximum Gasteiger partial charge on any atom is 0.196 e. The molecule has 0 spiro atoms. The highest BCUT2D eigenvalue weighted by Crippen LogP contribution is 2.37. The summed E-state index contributed by atoms with van der Waals surface area (Å²) in [6, 6.07) is 11.8. The molecule has 2 aromatic carbocycles. The second-order valence-corrected chi connectivity index (χ2v) is 4.38. The van der Waals surface area contributed by atoms with E-state index in [1.807, 2.05) is 6.07 Å². The van der Waals surface area contributed by atoms with Crippen LogP contribution in [0.2, 0.25) is 0 Å². The smallest absolute Gasteiger partial charge is 0.196 e. The molecule has 0 heterocycles. The van der Waals surface area contributed by atoms with E-state index in [9.17, 15) is 9.90 Å². The van der Waals surface area contributed by atoms with E-state index >= 15 is 0 Å². The van der Waals surface area contributed by atoms with Crippen LogP contribution in [-0.2, 0) is 0 Å². The number of nitrogens with one attached hydrogen (secondary N) is 1. The predicted octanol–water partition coefficient (Wildman–Crippen LogP) is 2.04. The third-order valence-corrected chi connectivity index (χ3v) is 3.05. The summed E-state index contributed by atoms with van der Waals surface area (Å²) >= 11 is 0. The van der Waals surface area contributed by atoms with Crippen molar-refractivity contribution in [3.8, 4) is 11.5 Å². The minimum absolute atomic E-state index is 0.0978. The zero-order valence-corrected chi connectivity index (χ0v) is 11.7. The molecule has 0 bridgehead atoms. The van der Waals surface area contributed by atoms with E-state index < -0.39 is 0 Å². The first-order valence-electron chi connectivity index (χ1n) is 6.53. The highest BCUT2D eigenvalue weighted by atomic mass is 16.5. The Bertz CT molecular complexity index is 626. The topological polar surface area (TPSA) is 78.8 Å². The summed E-state index contributed by atoms with van der Waals surface area (Å²) < 4.78 is 5.15. The summed E-state index contributed by atoms with van der Waals surface area (Å²) in [5.74, 6) is -0.0509. The lowest BCUT2D eigenvalue weighted by Crippen LogP contribution is -2.09. The molecule has 0 saturated heterocycles. The van der Waals surface area contributed by atoms with Gasteiger partial charge in [-0.15, -0.1) is 0 Å². The lowest BCUT2D eigenvalue weighted by Gasteiger charge is -2.14. The number of aromatic hydroxyl groups is 1. The molecule has 0 aromatic heterocycles. The second-order valence-electron chi connectivity index (χ2n) is 4.38. The van der Waals surface area contributed by atoms with Gasteiger partial charge >= 0.3 is 0 Å². The van der Waals surface area contributed by atoms with Crippen molar-refractivity contribution in [2.75, 3.05) is 25.6 Å². The van der Waals surface area contributed by atoms with Crippen LogP contribution < -0.4 is 10.1 Å². The molecule has 2 rings (SSSR count). The third-order valence-electron chi connectivity index (χ3n) is 3.05. The predicted molar refractivity (Wildman–Crippen MR) is 80.1 cm³/mol. The number of methoxy groups -OCH3 is 1. The van der Waals surface area contributed by atoms with Gasteiger partial charge in [-0.05, 0) is 12.1 Å². The van der Waals surface area contributed by atoms with Crippen molar-refractivity contribution in [2.45, 2.75) is 0 Å². The Morgan fingerprint density at radius 3 is 2.52 bits per heavy atom. The summed E-state index contributed by atoms with van der Waals surface area (Å²) in [7, 11) is 1.47. The fraction of sp³-hybridized carbons (Fsp3) is 0.188. The fourth-order valence-corrected chi connectivity index (χ4v) is 2.02. The van der Waals surface area contributed by atoms with Crippen LogP contribution in [0.1, 0.15) is 15.9 Å². The van der Waals surface area contributed by atoms with Gasteiger partial charge < -0.3 is 20.3 Å².